The van der Waals surface area contributed by atoms with Gasteiger partial charge in [0.15, 0.2) is 0 Å². The van der Waals surface area contributed by atoms with Crippen LogP contribution in [-0.2, 0) is 0 Å². The van der Waals surface area contributed by atoms with Crippen LogP contribution in [-0.4, -0.2) is 11.6 Å². The highest BCUT2D eigenvalue weighted by Crippen LogP contribution is 2.10. The normalized spacial score (nSPS) is 9.27. The zero-order valence-corrected chi connectivity index (χ0v) is 6.37. The van der Waals surface area contributed by atoms with Gasteiger partial charge in [-0.1, -0.05) is 0 Å². The number of rotatable bonds is 3. The van der Waals surface area contributed by atoms with Gasteiger partial charge in [-0.3, -0.25) is 0 Å². The van der Waals surface area contributed by atoms with Crippen LogP contribution in [0.15, 0.2) is 18.3 Å². The predicted molar refractivity (Wildman–Crippen MR) is 43.2 cm³/mol. The molecule has 0 amide bonds. The Bertz CT molecular complexity index is 209. The van der Waals surface area contributed by atoms with Gasteiger partial charge >= 0.3 is 0 Å². The van der Waals surface area contributed by atoms with Crippen molar-refractivity contribution in [2.45, 2.75) is 6.92 Å². The number of nitrogens with one attached hydrogen (secondary N) is 1. The van der Waals surface area contributed by atoms with Crippen molar-refractivity contribution < 1.29 is 4.74 Å². The van der Waals surface area contributed by atoms with Crippen LogP contribution in [0, 0.1) is 0 Å². The first-order valence-electron chi connectivity index (χ1n) is 3.42. The average molecular weight is 153 g/mol. The first kappa shape index (κ1) is 7.81. The number of hydrogen-bond acceptors (Lipinski definition) is 4. The Morgan fingerprint density at radius 1 is 1.64 bits per heavy atom. The van der Waals surface area contributed by atoms with E-state index < -0.39 is 0 Å². The second-order valence-corrected chi connectivity index (χ2v) is 1.96. The highest BCUT2D eigenvalue weighted by Gasteiger charge is 1.91. The Morgan fingerprint density at radius 2 is 2.45 bits per heavy atom. The van der Waals surface area contributed by atoms with E-state index in [9.17, 15) is 0 Å². The first-order valence-corrected chi connectivity index (χ1v) is 3.42. The maximum Gasteiger partial charge on any atom is 0.140 e. The number of nitrogens with zero attached hydrogens (tertiary/aromatic N) is 1. The summed E-state index contributed by atoms with van der Waals surface area (Å²) in [7, 11) is 0. The van der Waals surface area contributed by atoms with Crippen molar-refractivity contribution in [1.82, 2.24) is 4.98 Å². The van der Waals surface area contributed by atoms with Gasteiger partial charge in [0.1, 0.15) is 11.6 Å². The Balaban J connectivity index is 2.66. The van der Waals surface area contributed by atoms with Crippen LogP contribution >= 0.6 is 0 Å². The van der Waals surface area contributed by atoms with Crippen LogP contribution in [0.4, 0.5) is 5.82 Å². The number of aromatic nitrogens is 1. The standard InChI is InChI=1S/C7H11N3O/c1-2-11-6-3-4-7(10-8)9-5-6/h3-5H,2,8H2,1H3,(H,9,10). The molecule has 0 fully saturated rings. The molecule has 0 aromatic carbocycles. The number of nitrogen functional groups attached to an aromatic ring is 1. The van der Waals surface area contributed by atoms with Gasteiger partial charge in [0.2, 0.25) is 0 Å². The Kier molecular flexibility index (Phi) is 2.68. The fourth-order valence-corrected chi connectivity index (χ4v) is 0.718. The molecule has 0 spiro atoms. The van der Waals surface area contributed by atoms with Gasteiger partial charge in [0.25, 0.3) is 0 Å². The monoisotopic (exact) mass is 153 g/mol. The summed E-state index contributed by atoms with van der Waals surface area (Å²) in [6.07, 6.45) is 1.62. The summed E-state index contributed by atoms with van der Waals surface area (Å²) < 4.78 is 5.17. The maximum atomic E-state index is 5.17. The lowest BCUT2D eigenvalue weighted by atomic mass is 10.4. The van der Waals surface area contributed by atoms with E-state index in [4.69, 9.17) is 10.6 Å². The summed E-state index contributed by atoms with van der Waals surface area (Å²) in [6.45, 7) is 2.58. The summed E-state index contributed by atoms with van der Waals surface area (Å²) in [6, 6.07) is 3.57. The van der Waals surface area contributed by atoms with Crippen molar-refractivity contribution in [3.8, 4) is 5.75 Å². The topological polar surface area (TPSA) is 60.2 Å². The van der Waals surface area contributed by atoms with Crippen molar-refractivity contribution in [2.24, 2.45) is 5.84 Å². The molecule has 0 radical (unpaired) electrons. The fraction of sp³-hybridized carbons (Fsp3) is 0.286. The quantitative estimate of drug-likeness (QED) is 0.497. The number of nitrogens with two attached hydrogens (primary N) is 1. The number of ether oxygens (including phenoxy) is 1. The van der Waals surface area contributed by atoms with Crippen molar-refractivity contribution >= 4 is 5.82 Å². The highest BCUT2D eigenvalue weighted by atomic mass is 16.5. The first-order chi connectivity index (χ1) is 5.36. The third-order valence-electron chi connectivity index (χ3n) is 1.20. The molecule has 1 heterocycles. The van der Waals surface area contributed by atoms with E-state index in [0.717, 1.165) is 5.75 Å². The molecule has 0 aliphatic rings. The van der Waals surface area contributed by atoms with Crippen LogP contribution in [0.3, 0.4) is 0 Å². The predicted octanol–water partition coefficient (Wildman–Crippen LogP) is 0.766. The molecule has 0 aliphatic carbocycles. The third-order valence-corrected chi connectivity index (χ3v) is 1.20. The molecular weight excluding hydrogens is 142 g/mol. The van der Waals surface area contributed by atoms with Gasteiger partial charge < -0.3 is 10.2 Å². The molecular formula is C7H11N3O. The van der Waals surface area contributed by atoms with E-state index in [1.54, 1.807) is 12.3 Å². The Hall–Kier alpha value is -1.29. The average Bonchev–Trinajstić information content (AvgIpc) is 2.07. The smallest absolute Gasteiger partial charge is 0.140 e. The molecule has 0 unspecified atom stereocenters. The molecule has 3 N–H and O–H groups in total. The number of anilines is 1. The van der Waals surface area contributed by atoms with E-state index in [0.29, 0.717) is 12.4 Å². The van der Waals surface area contributed by atoms with E-state index in [2.05, 4.69) is 10.4 Å². The van der Waals surface area contributed by atoms with E-state index in [-0.39, 0.29) is 0 Å². The zero-order chi connectivity index (χ0) is 8.10. The Morgan fingerprint density at radius 3 is 2.91 bits per heavy atom. The van der Waals surface area contributed by atoms with Crippen LogP contribution in [0.5, 0.6) is 5.75 Å². The van der Waals surface area contributed by atoms with Gasteiger partial charge in [-0.05, 0) is 19.1 Å². The summed E-state index contributed by atoms with van der Waals surface area (Å²) in [5, 5.41) is 0. The Labute approximate surface area is 65.4 Å². The molecule has 4 nitrogen and oxygen atoms in total. The SMILES string of the molecule is CCOc1ccc(NN)nc1. The van der Waals surface area contributed by atoms with Gasteiger partial charge in [-0.25, -0.2) is 10.8 Å². The molecule has 0 atom stereocenters. The highest BCUT2D eigenvalue weighted by molar-refractivity contribution is 5.35. The molecule has 1 aromatic rings. The molecule has 1 rings (SSSR count). The van der Waals surface area contributed by atoms with E-state index in [1.165, 1.54) is 0 Å². The lowest BCUT2D eigenvalue weighted by molar-refractivity contribution is 0.339. The van der Waals surface area contributed by atoms with Gasteiger partial charge in [-0.15, -0.1) is 0 Å². The molecule has 0 aliphatic heterocycles. The number of hydrogen-bond donors (Lipinski definition) is 2. The largest absolute Gasteiger partial charge is 0.492 e. The molecule has 0 bridgehead atoms. The van der Waals surface area contributed by atoms with Crippen molar-refractivity contribution in [3.63, 3.8) is 0 Å². The minimum atomic E-state index is 0.633. The van der Waals surface area contributed by atoms with Crippen molar-refractivity contribution in [3.05, 3.63) is 18.3 Å². The fourth-order valence-electron chi connectivity index (χ4n) is 0.718. The molecule has 4 heteroatoms. The molecule has 11 heavy (non-hydrogen) atoms. The van der Waals surface area contributed by atoms with Crippen molar-refractivity contribution in [1.29, 1.82) is 0 Å². The number of hydrazine groups is 1. The number of pyridine rings is 1. The van der Waals surface area contributed by atoms with Crippen LogP contribution in [0.25, 0.3) is 0 Å². The molecule has 0 saturated heterocycles. The van der Waals surface area contributed by atoms with Gasteiger partial charge in [-0.2, -0.15) is 0 Å². The summed E-state index contributed by atoms with van der Waals surface area (Å²) in [5.41, 5.74) is 2.43. The second-order valence-electron chi connectivity index (χ2n) is 1.96. The zero-order valence-electron chi connectivity index (χ0n) is 6.37. The van der Waals surface area contributed by atoms with Crippen molar-refractivity contribution in [2.75, 3.05) is 12.0 Å². The van der Waals surface area contributed by atoms with Crippen LogP contribution < -0.4 is 16.0 Å². The van der Waals surface area contributed by atoms with Crippen LogP contribution in [0.2, 0.25) is 0 Å². The lowest BCUT2D eigenvalue weighted by Crippen LogP contribution is -2.08. The summed E-state index contributed by atoms with van der Waals surface area (Å²) in [5.74, 6) is 6.51. The second kappa shape index (κ2) is 3.78. The van der Waals surface area contributed by atoms with Gasteiger partial charge in [0, 0.05) is 0 Å². The molecule has 1 aromatic heterocycles. The summed E-state index contributed by atoms with van der Waals surface area (Å²) in [4.78, 5) is 3.95. The minimum Gasteiger partial charge on any atom is -0.492 e. The lowest BCUT2D eigenvalue weighted by Gasteiger charge is -2.02. The molecule has 60 valence electrons. The summed E-state index contributed by atoms with van der Waals surface area (Å²) >= 11 is 0. The molecule has 0 saturated carbocycles. The van der Waals surface area contributed by atoms with E-state index >= 15 is 0 Å². The van der Waals surface area contributed by atoms with Crippen LogP contribution in [0.1, 0.15) is 6.92 Å². The minimum absolute atomic E-state index is 0.633. The third kappa shape index (κ3) is 2.09. The van der Waals surface area contributed by atoms with E-state index in [1.807, 2.05) is 13.0 Å². The maximum absolute atomic E-state index is 5.17. The van der Waals surface area contributed by atoms with Gasteiger partial charge in [0.05, 0.1) is 12.8 Å².